The lowest BCUT2D eigenvalue weighted by atomic mass is 10.1. The maximum absolute atomic E-state index is 12.8. The van der Waals surface area contributed by atoms with Crippen molar-refractivity contribution in [2.75, 3.05) is 13.2 Å². The summed E-state index contributed by atoms with van der Waals surface area (Å²) in [5, 5.41) is 5.13. The molecule has 0 saturated heterocycles. The number of hydrogen-bond donors (Lipinski definition) is 2. The number of nitrogens with one attached hydrogen (secondary N) is 2. The predicted molar refractivity (Wildman–Crippen MR) is 115 cm³/mol. The molecule has 9 nitrogen and oxygen atoms in total. The minimum Gasteiger partial charge on any atom is -0.452 e. The van der Waals surface area contributed by atoms with Crippen molar-refractivity contribution in [3.8, 4) is 0 Å². The van der Waals surface area contributed by atoms with Gasteiger partial charge in [-0.15, -0.1) is 0 Å². The smallest absolute Gasteiger partial charge is 0.338 e. The molecule has 3 amide bonds. The van der Waals surface area contributed by atoms with E-state index in [1.807, 2.05) is 13.8 Å². The standard InChI is InChI=1S/C22H28N4O5/c1-14(2)9-10-23-22(30)25-19(27)13-31-21(29)15-7-8-16-17(12-15)24-18-6-4-3-5-11-26(18)20(16)28/h7-8,12,14H,3-6,9-11,13H2,1-2H3,(H2,23,25,27,30). The van der Waals surface area contributed by atoms with Gasteiger partial charge in [-0.2, -0.15) is 0 Å². The lowest BCUT2D eigenvalue weighted by molar-refractivity contribution is -0.123. The van der Waals surface area contributed by atoms with E-state index in [2.05, 4.69) is 15.6 Å². The van der Waals surface area contributed by atoms with Crippen molar-refractivity contribution in [1.29, 1.82) is 0 Å². The monoisotopic (exact) mass is 428 g/mol. The zero-order valence-corrected chi connectivity index (χ0v) is 17.9. The number of rotatable bonds is 6. The Labute approximate surface area is 180 Å². The summed E-state index contributed by atoms with van der Waals surface area (Å²) in [5.41, 5.74) is 0.512. The highest BCUT2D eigenvalue weighted by atomic mass is 16.5. The van der Waals surface area contributed by atoms with Crippen LogP contribution in [-0.2, 0) is 22.5 Å². The van der Waals surface area contributed by atoms with Crippen LogP contribution in [0.2, 0.25) is 0 Å². The van der Waals surface area contributed by atoms with Gasteiger partial charge in [0.2, 0.25) is 0 Å². The summed E-state index contributed by atoms with van der Waals surface area (Å²) in [6, 6.07) is 3.91. The number of carbonyl (C=O) groups excluding carboxylic acids is 3. The number of esters is 1. The largest absolute Gasteiger partial charge is 0.452 e. The molecule has 1 aromatic heterocycles. The highest BCUT2D eigenvalue weighted by Gasteiger charge is 2.17. The number of imide groups is 1. The zero-order valence-electron chi connectivity index (χ0n) is 17.9. The maximum atomic E-state index is 12.8. The van der Waals surface area contributed by atoms with Crippen molar-refractivity contribution in [3.63, 3.8) is 0 Å². The van der Waals surface area contributed by atoms with Gasteiger partial charge in [-0.1, -0.05) is 20.3 Å². The van der Waals surface area contributed by atoms with Crippen molar-refractivity contribution >= 4 is 28.8 Å². The van der Waals surface area contributed by atoms with Gasteiger partial charge in [0.05, 0.1) is 16.5 Å². The Morgan fingerprint density at radius 1 is 1.19 bits per heavy atom. The molecule has 0 fully saturated rings. The van der Waals surface area contributed by atoms with Crippen LogP contribution in [0, 0.1) is 5.92 Å². The van der Waals surface area contributed by atoms with E-state index in [0.717, 1.165) is 37.9 Å². The van der Waals surface area contributed by atoms with Gasteiger partial charge in [0.1, 0.15) is 5.82 Å². The number of aryl methyl sites for hydroxylation is 1. The number of carbonyl (C=O) groups is 3. The number of aromatic nitrogens is 2. The predicted octanol–water partition coefficient (Wildman–Crippen LogP) is 2.15. The maximum Gasteiger partial charge on any atom is 0.338 e. The number of nitrogens with zero attached hydrogens (tertiary/aromatic N) is 2. The molecule has 2 aromatic rings. The summed E-state index contributed by atoms with van der Waals surface area (Å²) in [6.07, 6.45) is 4.48. The molecule has 166 valence electrons. The summed E-state index contributed by atoms with van der Waals surface area (Å²) >= 11 is 0. The fourth-order valence-electron chi connectivity index (χ4n) is 3.44. The van der Waals surface area contributed by atoms with Gasteiger partial charge in [0.25, 0.3) is 11.5 Å². The van der Waals surface area contributed by atoms with Crippen LogP contribution in [0.15, 0.2) is 23.0 Å². The second-order valence-corrected chi connectivity index (χ2v) is 8.09. The average Bonchev–Trinajstić information content (AvgIpc) is 2.97. The van der Waals surface area contributed by atoms with Crippen molar-refractivity contribution in [2.45, 2.75) is 52.5 Å². The number of urea groups is 1. The van der Waals surface area contributed by atoms with Gasteiger partial charge in [-0.05, 0) is 43.4 Å². The van der Waals surface area contributed by atoms with E-state index in [1.54, 1.807) is 10.6 Å². The molecular formula is C22H28N4O5. The fraction of sp³-hybridized carbons (Fsp3) is 0.500. The molecule has 0 saturated carbocycles. The number of ether oxygens (including phenoxy) is 1. The Hall–Kier alpha value is -3.23. The number of fused-ring (bicyclic) bond motifs is 2. The van der Waals surface area contributed by atoms with Crippen LogP contribution >= 0.6 is 0 Å². The van der Waals surface area contributed by atoms with Gasteiger partial charge in [0.15, 0.2) is 6.61 Å². The minimum atomic E-state index is -0.728. The van der Waals surface area contributed by atoms with E-state index in [9.17, 15) is 19.2 Å². The highest BCUT2D eigenvalue weighted by molar-refractivity contribution is 5.98. The van der Waals surface area contributed by atoms with Crippen molar-refractivity contribution < 1.29 is 19.1 Å². The fourth-order valence-corrected chi connectivity index (χ4v) is 3.44. The molecule has 0 atom stereocenters. The molecule has 0 unspecified atom stereocenters. The first kappa shape index (κ1) is 22.5. The molecule has 3 rings (SSSR count). The van der Waals surface area contributed by atoms with E-state index in [-0.39, 0.29) is 11.1 Å². The van der Waals surface area contributed by atoms with E-state index in [4.69, 9.17) is 4.74 Å². The lowest BCUT2D eigenvalue weighted by Gasteiger charge is -2.11. The first-order valence-corrected chi connectivity index (χ1v) is 10.6. The summed E-state index contributed by atoms with van der Waals surface area (Å²) < 4.78 is 6.72. The van der Waals surface area contributed by atoms with Gasteiger partial charge >= 0.3 is 12.0 Å². The van der Waals surface area contributed by atoms with Crippen LogP contribution in [0.3, 0.4) is 0 Å². The first-order valence-electron chi connectivity index (χ1n) is 10.6. The molecule has 0 radical (unpaired) electrons. The number of hydrogen-bond acceptors (Lipinski definition) is 6. The molecule has 31 heavy (non-hydrogen) atoms. The zero-order chi connectivity index (χ0) is 22.4. The van der Waals surface area contributed by atoms with Crippen LogP contribution in [0.1, 0.15) is 55.7 Å². The van der Waals surface area contributed by atoms with E-state index in [1.165, 1.54) is 12.1 Å². The van der Waals surface area contributed by atoms with Crippen molar-refractivity contribution in [3.05, 3.63) is 39.9 Å². The molecule has 2 N–H and O–H groups in total. The highest BCUT2D eigenvalue weighted by Crippen LogP contribution is 2.16. The van der Waals surface area contributed by atoms with Gasteiger partial charge < -0.3 is 10.1 Å². The molecule has 0 aliphatic carbocycles. The summed E-state index contributed by atoms with van der Waals surface area (Å²) in [4.78, 5) is 53.1. The van der Waals surface area contributed by atoms with Crippen LogP contribution < -0.4 is 16.2 Å². The van der Waals surface area contributed by atoms with E-state index < -0.39 is 24.5 Å². The molecule has 2 heterocycles. The number of benzene rings is 1. The van der Waals surface area contributed by atoms with Crippen LogP contribution in [0.5, 0.6) is 0 Å². The Morgan fingerprint density at radius 3 is 2.77 bits per heavy atom. The first-order chi connectivity index (χ1) is 14.8. The lowest BCUT2D eigenvalue weighted by Crippen LogP contribution is -2.41. The Kier molecular flexibility index (Phi) is 7.38. The molecule has 1 aromatic carbocycles. The van der Waals surface area contributed by atoms with Crippen LogP contribution in [-0.4, -0.2) is 40.6 Å². The minimum absolute atomic E-state index is 0.107. The second-order valence-electron chi connectivity index (χ2n) is 8.09. The Morgan fingerprint density at radius 2 is 2.00 bits per heavy atom. The molecule has 0 spiro atoms. The van der Waals surface area contributed by atoms with Gasteiger partial charge in [0, 0.05) is 19.5 Å². The topological polar surface area (TPSA) is 119 Å². The van der Waals surface area contributed by atoms with Crippen molar-refractivity contribution in [1.82, 2.24) is 20.2 Å². The molecule has 0 bridgehead atoms. The van der Waals surface area contributed by atoms with Crippen LogP contribution in [0.4, 0.5) is 4.79 Å². The van der Waals surface area contributed by atoms with Crippen LogP contribution in [0.25, 0.3) is 10.9 Å². The summed E-state index contributed by atoms with van der Waals surface area (Å²) in [7, 11) is 0. The normalized spacial score (nSPS) is 13.4. The third-order valence-corrected chi connectivity index (χ3v) is 5.15. The third-order valence-electron chi connectivity index (χ3n) is 5.15. The van der Waals surface area contributed by atoms with Gasteiger partial charge in [-0.3, -0.25) is 19.5 Å². The Bertz CT molecular complexity index is 1040. The second kappa shape index (κ2) is 10.2. The van der Waals surface area contributed by atoms with E-state index in [0.29, 0.717) is 29.9 Å². The van der Waals surface area contributed by atoms with Crippen molar-refractivity contribution in [2.24, 2.45) is 5.92 Å². The summed E-state index contributed by atoms with van der Waals surface area (Å²) in [6.45, 7) is 4.57. The average molecular weight is 428 g/mol. The van der Waals surface area contributed by atoms with E-state index >= 15 is 0 Å². The Balaban J connectivity index is 1.61. The molecule has 9 heteroatoms. The molecule has 1 aliphatic heterocycles. The number of amides is 3. The summed E-state index contributed by atoms with van der Waals surface area (Å²) in [5.74, 6) is -0.296. The van der Waals surface area contributed by atoms with Gasteiger partial charge in [-0.25, -0.2) is 14.6 Å². The molecule has 1 aliphatic rings. The third kappa shape index (κ3) is 5.90. The quantitative estimate of drug-likeness (QED) is 0.681. The molecular weight excluding hydrogens is 400 g/mol. The SMILES string of the molecule is CC(C)CCNC(=O)NC(=O)COC(=O)c1ccc2c(=O)n3c(nc2c1)CCCCC3.